The van der Waals surface area contributed by atoms with Gasteiger partial charge < -0.3 is 0 Å². The third kappa shape index (κ3) is 4.76. The van der Waals surface area contributed by atoms with Gasteiger partial charge in [-0.05, 0) is 29.7 Å². The molecule has 0 radical (unpaired) electrons. The maximum atomic E-state index is 13.6. The van der Waals surface area contributed by atoms with Crippen molar-refractivity contribution >= 4 is 21.6 Å². The van der Waals surface area contributed by atoms with Crippen LogP contribution < -0.4 is 0 Å². The number of halogens is 1. The summed E-state index contributed by atoms with van der Waals surface area (Å²) in [6, 6.07) is 26.6. The maximum Gasteiger partial charge on any atom is 0.245 e. The van der Waals surface area contributed by atoms with E-state index < -0.39 is 10.0 Å². The molecule has 1 fully saturated rings. The van der Waals surface area contributed by atoms with E-state index in [-0.39, 0.29) is 16.0 Å². The van der Waals surface area contributed by atoms with Gasteiger partial charge in [0.25, 0.3) is 0 Å². The largest absolute Gasteiger partial charge is 0.297 e. The van der Waals surface area contributed by atoms with Gasteiger partial charge >= 0.3 is 0 Å². The summed E-state index contributed by atoms with van der Waals surface area (Å²) in [6.45, 7) is 2.72. The molecule has 3 aromatic carbocycles. The first-order valence-corrected chi connectivity index (χ1v) is 11.9. The molecule has 4 rings (SSSR count). The van der Waals surface area contributed by atoms with Crippen LogP contribution in [0.15, 0.2) is 89.8 Å². The smallest absolute Gasteiger partial charge is 0.245 e. The molecule has 30 heavy (non-hydrogen) atoms. The summed E-state index contributed by atoms with van der Waals surface area (Å²) < 4.78 is 28.9. The molecule has 0 saturated carbocycles. The Morgan fingerprint density at radius 3 is 2.13 bits per heavy atom. The fourth-order valence-corrected chi connectivity index (χ4v) is 6.12. The highest BCUT2D eigenvalue weighted by Crippen LogP contribution is 2.30. The first kappa shape index (κ1) is 21.1. The summed E-state index contributed by atoms with van der Waals surface area (Å²) in [5.74, 6) is 0. The van der Waals surface area contributed by atoms with Crippen molar-refractivity contribution in [2.24, 2.45) is 0 Å². The average molecular weight is 441 g/mol. The molecule has 1 aliphatic heterocycles. The Kier molecular flexibility index (Phi) is 6.54. The van der Waals surface area contributed by atoms with E-state index in [9.17, 15) is 8.42 Å². The van der Waals surface area contributed by atoms with Gasteiger partial charge in [0.1, 0.15) is 4.90 Å². The molecule has 1 unspecified atom stereocenters. The summed E-state index contributed by atoms with van der Waals surface area (Å²) in [5, 5.41) is 0.259. The molecule has 1 heterocycles. The Bertz CT molecular complexity index is 1070. The summed E-state index contributed by atoms with van der Waals surface area (Å²) >= 11 is 6.28. The Labute approximate surface area is 183 Å². The molecule has 0 bridgehead atoms. The summed E-state index contributed by atoms with van der Waals surface area (Å²) in [6.07, 6.45) is 0.795. The van der Waals surface area contributed by atoms with Crippen molar-refractivity contribution in [1.29, 1.82) is 0 Å². The van der Waals surface area contributed by atoms with E-state index in [0.717, 1.165) is 25.1 Å². The van der Waals surface area contributed by atoms with E-state index in [1.165, 1.54) is 5.56 Å². The monoisotopic (exact) mass is 440 g/mol. The predicted molar refractivity (Wildman–Crippen MR) is 121 cm³/mol. The Hall–Kier alpha value is -2.18. The lowest BCUT2D eigenvalue weighted by molar-refractivity contribution is 0.276. The van der Waals surface area contributed by atoms with Gasteiger partial charge in [-0.25, -0.2) is 8.42 Å². The lowest BCUT2D eigenvalue weighted by Crippen LogP contribution is -2.41. The van der Waals surface area contributed by atoms with Crippen molar-refractivity contribution in [2.45, 2.75) is 30.4 Å². The van der Waals surface area contributed by atoms with E-state index in [1.54, 1.807) is 28.6 Å². The van der Waals surface area contributed by atoms with Crippen LogP contribution in [0.25, 0.3) is 0 Å². The fraction of sp³-hybridized carbons (Fsp3) is 0.250. The topological polar surface area (TPSA) is 40.6 Å². The Morgan fingerprint density at radius 2 is 1.47 bits per heavy atom. The average Bonchev–Trinajstić information content (AvgIpc) is 3.21. The molecule has 156 valence electrons. The minimum atomic E-state index is -3.73. The van der Waals surface area contributed by atoms with Crippen LogP contribution >= 0.6 is 11.6 Å². The number of likely N-dealkylation sites (tertiary alicyclic amines) is 1. The van der Waals surface area contributed by atoms with Crippen molar-refractivity contribution in [1.82, 2.24) is 9.21 Å². The van der Waals surface area contributed by atoms with Gasteiger partial charge in [0, 0.05) is 32.2 Å². The molecule has 0 N–H and O–H groups in total. The number of hydrogen-bond acceptors (Lipinski definition) is 3. The minimum absolute atomic E-state index is 0.102. The molecule has 1 atom stereocenters. The first-order chi connectivity index (χ1) is 14.5. The van der Waals surface area contributed by atoms with Crippen LogP contribution in [-0.2, 0) is 23.1 Å². The van der Waals surface area contributed by atoms with Crippen LogP contribution in [0.3, 0.4) is 0 Å². The zero-order valence-electron chi connectivity index (χ0n) is 16.7. The van der Waals surface area contributed by atoms with Crippen molar-refractivity contribution in [3.63, 3.8) is 0 Å². The molecule has 3 aromatic rings. The van der Waals surface area contributed by atoms with Gasteiger partial charge in [-0.15, -0.1) is 0 Å². The predicted octanol–water partition coefficient (Wildman–Crippen LogP) is 4.81. The lowest BCUT2D eigenvalue weighted by Gasteiger charge is -2.29. The quantitative estimate of drug-likeness (QED) is 0.529. The molecular weight excluding hydrogens is 416 g/mol. The van der Waals surface area contributed by atoms with E-state index in [4.69, 9.17) is 11.6 Å². The number of sulfonamides is 1. The zero-order chi connectivity index (χ0) is 21.0. The fourth-order valence-electron chi connectivity index (χ4n) is 3.99. The first-order valence-electron chi connectivity index (χ1n) is 10.1. The van der Waals surface area contributed by atoms with E-state index in [2.05, 4.69) is 17.0 Å². The number of rotatable bonds is 7. The van der Waals surface area contributed by atoms with Gasteiger partial charge in [-0.1, -0.05) is 84.4 Å². The zero-order valence-corrected chi connectivity index (χ0v) is 18.3. The van der Waals surface area contributed by atoms with E-state index in [1.807, 2.05) is 48.5 Å². The summed E-state index contributed by atoms with van der Waals surface area (Å²) in [7, 11) is -3.73. The van der Waals surface area contributed by atoms with Crippen LogP contribution in [0, 0.1) is 0 Å². The lowest BCUT2D eigenvalue weighted by atomic mass is 10.2. The highest BCUT2D eigenvalue weighted by atomic mass is 35.5. The van der Waals surface area contributed by atoms with Gasteiger partial charge in [0.15, 0.2) is 0 Å². The molecule has 1 aliphatic rings. The minimum Gasteiger partial charge on any atom is -0.297 e. The molecular formula is C24H25ClN2O2S. The van der Waals surface area contributed by atoms with Crippen LogP contribution in [0.2, 0.25) is 5.02 Å². The van der Waals surface area contributed by atoms with Gasteiger partial charge in [0.05, 0.1) is 5.02 Å². The maximum absolute atomic E-state index is 13.6. The Morgan fingerprint density at radius 1 is 0.867 bits per heavy atom. The number of benzene rings is 3. The van der Waals surface area contributed by atoms with Crippen LogP contribution in [0.4, 0.5) is 0 Å². The van der Waals surface area contributed by atoms with Crippen LogP contribution in [0.1, 0.15) is 17.5 Å². The van der Waals surface area contributed by atoms with Crippen molar-refractivity contribution in [3.05, 3.63) is 101 Å². The summed E-state index contributed by atoms with van der Waals surface area (Å²) in [5.41, 5.74) is 2.20. The highest BCUT2D eigenvalue weighted by Gasteiger charge is 2.36. The second kappa shape index (κ2) is 9.31. The van der Waals surface area contributed by atoms with Crippen molar-refractivity contribution in [2.75, 3.05) is 13.1 Å². The molecule has 0 aliphatic carbocycles. The molecule has 4 nitrogen and oxygen atoms in total. The van der Waals surface area contributed by atoms with Crippen LogP contribution in [0.5, 0.6) is 0 Å². The third-order valence-electron chi connectivity index (χ3n) is 5.51. The molecule has 1 saturated heterocycles. The van der Waals surface area contributed by atoms with E-state index >= 15 is 0 Å². The number of hydrogen-bond donors (Lipinski definition) is 0. The van der Waals surface area contributed by atoms with Crippen LogP contribution in [-0.4, -0.2) is 36.8 Å². The van der Waals surface area contributed by atoms with Crippen molar-refractivity contribution < 1.29 is 8.42 Å². The second-order valence-electron chi connectivity index (χ2n) is 7.63. The molecule has 0 amide bonds. The van der Waals surface area contributed by atoms with Gasteiger partial charge in [0.2, 0.25) is 10.0 Å². The Balaban J connectivity index is 1.60. The molecule has 0 aromatic heterocycles. The molecule has 6 heteroatoms. The standard InChI is InChI=1S/C24H25ClN2O2S/c25-23-13-7-8-14-24(23)30(28,29)27(18-21-11-5-2-6-12-21)22-15-16-26(19-22)17-20-9-3-1-4-10-20/h1-14,22H,15-19H2. The SMILES string of the molecule is O=S(=O)(c1ccccc1Cl)N(Cc1ccccc1)C1CCN(Cc2ccccc2)C1. The van der Waals surface area contributed by atoms with E-state index in [0.29, 0.717) is 13.1 Å². The normalized spacial score (nSPS) is 17.5. The summed E-state index contributed by atoms with van der Waals surface area (Å²) in [4.78, 5) is 2.49. The van der Waals surface area contributed by atoms with Gasteiger partial charge in [-0.3, -0.25) is 4.90 Å². The highest BCUT2D eigenvalue weighted by molar-refractivity contribution is 7.89. The third-order valence-corrected chi connectivity index (χ3v) is 7.91. The second-order valence-corrected chi connectivity index (χ2v) is 9.90. The molecule has 0 spiro atoms. The van der Waals surface area contributed by atoms with Crippen molar-refractivity contribution in [3.8, 4) is 0 Å². The van der Waals surface area contributed by atoms with Gasteiger partial charge in [-0.2, -0.15) is 4.31 Å². The number of nitrogens with zero attached hydrogens (tertiary/aromatic N) is 2.